The summed E-state index contributed by atoms with van der Waals surface area (Å²) >= 11 is 6.02. The highest BCUT2D eigenvalue weighted by atomic mass is 35.5. The first-order chi connectivity index (χ1) is 16.0. The standard InChI is InChI=1S/C25H26ClN5O2/c1-2-4-22-25(33)30(15-18-7-9-20-21(14-18)28-16-29-24(20)27)11-12-31(22)23(32)10-8-17-5-3-6-19(26)13-17/h3,5-10,13-14,16,22H,2,4,11-12,15H2,1H3,(H2,27,28,29)/t22-/m0/s1. The molecule has 7 nitrogen and oxygen atoms in total. The zero-order valence-electron chi connectivity index (χ0n) is 18.4. The molecule has 8 heteroatoms. The number of anilines is 1. The number of hydrogen-bond acceptors (Lipinski definition) is 5. The fraction of sp³-hybridized carbons (Fsp3) is 0.280. The minimum absolute atomic E-state index is 0.0325. The average Bonchev–Trinajstić information content (AvgIpc) is 2.80. The largest absolute Gasteiger partial charge is 0.383 e. The molecule has 3 aromatic rings. The number of rotatable bonds is 6. The molecule has 0 spiro atoms. The SMILES string of the molecule is CCC[C@H]1C(=O)N(Cc2ccc3c(N)ncnc3c2)CCN1C(=O)C=Cc1cccc(Cl)c1. The first-order valence-electron chi connectivity index (χ1n) is 11.0. The first kappa shape index (κ1) is 22.7. The topological polar surface area (TPSA) is 92.4 Å². The highest BCUT2D eigenvalue weighted by Crippen LogP contribution is 2.22. The molecule has 1 aliphatic rings. The molecule has 0 radical (unpaired) electrons. The fourth-order valence-corrected chi connectivity index (χ4v) is 4.33. The van der Waals surface area contributed by atoms with Crippen molar-refractivity contribution in [3.8, 4) is 0 Å². The number of piperazine rings is 1. The second kappa shape index (κ2) is 10.0. The van der Waals surface area contributed by atoms with Crippen molar-refractivity contribution >= 4 is 46.2 Å². The fourth-order valence-electron chi connectivity index (χ4n) is 4.13. The average molecular weight is 464 g/mol. The molecular formula is C25H26ClN5O2. The van der Waals surface area contributed by atoms with Gasteiger partial charge in [0.25, 0.3) is 0 Å². The normalized spacial score (nSPS) is 16.7. The summed E-state index contributed by atoms with van der Waals surface area (Å²) < 4.78 is 0. The number of nitrogens with zero attached hydrogens (tertiary/aromatic N) is 4. The van der Waals surface area contributed by atoms with Crippen molar-refractivity contribution in [2.24, 2.45) is 0 Å². The monoisotopic (exact) mass is 463 g/mol. The van der Waals surface area contributed by atoms with Gasteiger partial charge in [-0.2, -0.15) is 0 Å². The summed E-state index contributed by atoms with van der Waals surface area (Å²) in [6.45, 7) is 3.43. The highest BCUT2D eigenvalue weighted by Gasteiger charge is 2.36. The maximum atomic E-state index is 13.3. The van der Waals surface area contributed by atoms with Crippen LogP contribution in [-0.2, 0) is 16.1 Å². The number of benzene rings is 2. The van der Waals surface area contributed by atoms with E-state index in [4.69, 9.17) is 17.3 Å². The van der Waals surface area contributed by atoms with Gasteiger partial charge in [0.2, 0.25) is 11.8 Å². The van der Waals surface area contributed by atoms with E-state index in [0.29, 0.717) is 36.9 Å². The molecule has 0 saturated carbocycles. The lowest BCUT2D eigenvalue weighted by Gasteiger charge is -2.40. The molecule has 1 aliphatic heterocycles. The molecule has 1 atom stereocenters. The Morgan fingerprint density at radius 2 is 2.06 bits per heavy atom. The van der Waals surface area contributed by atoms with E-state index >= 15 is 0 Å². The van der Waals surface area contributed by atoms with E-state index in [1.807, 2.05) is 42.2 Å². The van der Waals surface area contributed by atoms with Gasteiger partial charge in [-0.25, -0.2) is 9.97 Å². The Morgan fingerprint density at radius 3 is 2.85 bits per heavy atom. The molecule has 4 rings (SSSR count). The molecular weight excluding hydrogens is 438 g/mol. The lowest BCUT2D eigenvalue weighted by atomic mass is 10.0. The number of halogens is 1. The summed E-state index contributed by atoms with van der Waals surface area (Å²) in [5, 5.41) is 1.40. The summed E-state index contributed by atoms with van der Waals surface area (Å²) in [6.07, 6.45) is 6.11. The molecule has 1 fully saturated rings. The quantitative estimate of drug-likeness (QED) is 0.559. The minimum Gasteiger partial charge on any atom is -0.383 e. The second-order valence-corrected chi connectivity index (χ2v) is 8.53. The van der Waals surface area contributed by atoms with E-state index in [2.05, 4.69) is 9.97 Å². The van der Waals surface area contributed by atoms with Crippen LogP contribution in [0.25, 0.3) is 17.0 Å². The number of carbonyl (C=O) groups is 2. The van der Waals surface area contributed by atoms with Gasteiger partial charge in [-0.1, -0.05) is 43.1 Å². The molecule has 0 aliphatic carbocycles. The van der Waals surface area contributed by atoms with Gasteiger partial charge in [-0.05, 0) is 47.9 Å². The third-order valence-electron chi connectivity index (χ3n) is 5.80. The minimum atomic E-state index is -0.473. The van der Waals surface area contributed by atoms with E-state index in [1.165, 1.54) is 12.4 Å². The van der Waals surface area contributed by atoms with Crippen LogP contribution in [0.1, 0.15) is 30.9 Å². The number of nitrogens with two attached hydrogens (primary N) is 1. The van der Waals surface area contributed by atoms with Gasteiger partial charge in [0.15, 0.2) is 0 Å². The summed E-state index contributed by atoms with van der Waals surface area (Å²) in [5.41, 5.74) is 8.46. The van der Waals surface area contributed by atoms with Crippen LogP contribution in [-0.4, -0.2) is 50.7 Å². The van der Waals surface area contributed by atoms with Crippen LogP contribution < -0.4 is 5.73 Å². The van der Waals surface area contributed by atoms with Crippen molar-refractivity contribution in [1.29, 1.82) is 0 Å². The number of fused-ring (bicyclic) bond motifs is 1. The molecule has 0 unspecified atom stereocenters. The van der Waals surface area contributed by atoms with Crippen LogP contribution in [0.2, 0.25) is 5.02 Å². The van der Waals surface area contributed by atoms with Crippen molar-refractivity contribution < 1.29 is 9.59 Å². The summed E-state index contributed by atoms with van der Waals surface area (Å²) in [7, 11) is 0. The van der Waals surface area contributed by atoms with Gasteiger partial charge in [0, 0.05) is 36.1 Å². The lowest BCUT2D eigenvalue weighted by molar-refractivity contribution is -0.150. The Bertz CT molecular complexity index is 1210. The third kappa shape index (κ3) is 5.14. The van der Waals surface area contributed by atoms with Crippen molar-refractivity contribution in [3.05, 3.63) is 71.0 Å². The van der Waals surface area contributed by atoms with E-state index in [9.17, 15) is 9.59 Å². The second-order valence-electron chi connectivity index (χ2n) is 8.09. The molecule has 1 saturated heterocycles. The third-order valence-corrected chi connectivity index (χ3v) is 6.04. The lowest BCUT2D eigenvalue weighted by Crippen LogP contribution is -2.58. The van der Waals surface area contributed by atoms with E-state index in [-0.39, 0.29) is 11.8 Å². The van der Waals surface area contributed by atoms with Gasteiger partial charge < -0.3 is 15.5 Å². The van der Waals surface area contributed by atoms with Gasteiger partial charge in [-0.15, -0.1) is 0 Å². The van der Waals surface area contributed by atoms with Crippen LogP contribution in [0, 0.1) is 0 Å². The van der Waals surface area contributed by atoms with Crippen LogP contribution >= 0.6 is 11.6 Å². The van der Waals surface area contributed by atoms with E-state index in [1.54, 1.807) is 23.1 Å². The van der Waals surface area contributed by atoms with Gasteiger partial charge >= 0.3 is 0 Å². The van der Waals surface area contributed by atoms with Crippen LogP contribution in [0.15, 0.2) is 54.9 Å². The van der Waals surface area contributed by atoms with Gasteiger partial charge in [0.1, 0.15) is 18.2 Å². The number of hydrogen-bond donors (Lipinski definition) is 1. The Morgan fingerprint density at radius 1 is 1.21 bits per heavy atom. The predicted molar refractivity (Wildman–Crippen MR) is 130 cm³/mol. The number of amides is 2. The number of carbonyl (C=O) groups excluding carboxylic acids is 2. The molecule has 2 amide bonds. The summed E-state index contributed by atoms with van der Waals surface area (Å²) in [4.78, 5) is 38.0. The van der Waals surface area contributed by atoms with Crippen LogP contribution in [0.3, 0.4) is 0 Å². The molecule has 0 bridgehead atoms. The molecule has 170 valence electrons. The van der Waals surface area contributed by atoms with Crippen LogP contribution in [0.5, 0.6) is 0 Å². The summed E-state index contributed by atoms with van der Waals surface area (Å²) in [6, 6.07) is 12.6. The Balaban J connectivity index is 1.48. The first-order valence-corrected chi connectivity index (χ1v) is 11.4. The highest BCUT2D eigenvalue weighted by molar-refractivity contribution is 6.30. The Hall–Kier alpha value is -3.45. The van der Waals surface area contributed by atoms with Crippen molar-refractivity contribution in [1.82, 2.24) is 19.8 Å². The Labute approximate surface area is 197 Å². The molecule has 1 aromatic heterocycles. The van der Waals surface area contributed by atoms with Crippen LogP contribution in [0.4, 0.5) is 5.82 Å². The van der Waals surface area contributed by atoms with Crippen molar-refractivity contribution in [2.45, 2.75) is 32.4 Å². The maximum Gasteiger partial charge on any atom is 0.247 e. The van der Waals surface area contributed by atoms with E-state index < -0.39 is 6.04 Å². The zero-order valence-corrected chi connectivity index (χ0v) is 19.2. The molecule has 2 heterocycles. The maximum absolute atomic E-state index is 13.3. The molecule has 2 N–H and O–H groups in total. The zero-order chi connectivity index (χ0) is 23.4. The van der Waals surface area contributed by atoms with Gasteiger partial charge in [0.05, 0.1) is 5.52 Å². The van der Waals surface area contributed by atoms with Crippen molar-refractivity contribution in [3.63, 3.8) is 0 Å². The van der Waals surface area contributed by atoms with Crippen molar-refractivity contribution in [2.75, 3.05) is 18.8 Å². The number of aromatic nitrogens is 2. The molecule has 33 heavy (non-hydrogen) atoms. The van der Waals surface area contributed by atoms with E-state index in [0.717, 1.165) is 28.5 Å². The predicted octanol–water partition coefficient (Wildman–Crippen LogP) is 3.92. The summed E-state index contributed by atoms with van der Waals surface area (Å²) in [5.74, 6) is 0.234. The number of nitrogen functional groups attached to an aromatic ring is 1. The van der Waals surface area contributed by atoms with Gasteiger partial charge in [-0.3, -0.25) is 9.59 Å². The molecule has 2 aromatic carbocycles. The smallest absolute Gasteiger partial charge is 0.247 e. The Kier molecular flexibility index (Phi) is 6.89.